The Kier molecular flexibility index (Phi) is 10.3. The maximum Gasteiger partial charge on any atom is 0.0596 e. The van der Waals surface area contributed by atoms with E-state index in [9.17, 15) is 0 Å². The van der Waals surface area contributed by atoms with Crippen LogP contribution in [0.1, 0.15) is 6.42 Å². The van der Waals surface area contributed by atoms with Crippen molar-refractivity contribution in [1.29, 1.82) is 0 Å². The fourth-order valence-electron chi connectivity index (χ4n) is 1.13. The summed E-state index contributed by atoms with van der Waals surface area (Å²) < 4.78 is 0. The Labute approximate surface area is 93.3 Å². The highest BCUT2D eigenvalue weighted by atomic mass is 35.5. The molecular weight excluding hydrogens is 207 g/mol. The minimum atomic E-state index is 0. The molecule has 1 saturated heterocycles. The molecule has 0 spiro atoms. The third-order valence-corrected chi connectivity index (χ3v) is 1.76. The molecule has 0 radical (unpaired) electrons. The smallest absolute Gasteiger partial charge is 0.0596 e. The van der Waals surface area contributed by atoms with Crippen LogP contribution in [0.25, 0.3) is 0 Å². The highest BCUT2D eigenvalue weighted by Gasteiger charge is 2.09. The van der Waals surface area contributed by atoms with Crippen molar-refractivity contribution >= 4 is 24.8 Å². The molecule has 0 aromatic carbocycles. The van der Waals surface area contributed by atoms with Crippen molar-refractivity contribution in [3.8, 4) is 11.8 Å². The molecule has 1 atom stereocenters. The van der Waals surface area contributed by atoms with E-state index in [4.69, 9.17) is 0 Å². The molecule has 1 aliphatic heterocycles. The van der Waals surface area contributed by atoms with Crippen LogP contribution in [-0.4, -0.2) is 38.6 Å². The van der Waals surface area contributed by atoms with E-state index in [0.717, 1.165) is 19.6 Å². The van der Waals surface area contributed by atoms with Crippen LogP contribution in [-0.2, 0) is 0 Å². The van der Waals surface area contributed by atoms with Gasteiger partial charge in [-0.3, -0.25) is 4.90 Å². The van der Waals surface area contributed by atoms with Gasteiger partial charge in [-0.25, -0.2) is 0 Å². The van der Waals surface area contributed by atoms with Crippen LogP contribution in [0.3, 0.4) is 0 Å². The van der Waals surface area contributed by atoms with Gasteiger partial charge >= 0.3 is 0 Å². The monoisotopic (exact) mass is 224 g/mol. The zero-order valence-electron chi connectivity index (χ0n) is 8.17. The summed E-state index contributed by atoms with van der Waals surface area (Å²) in [5.74, 6) is 7.03. The number of hydrogen-bond donors (Lipinski definition) is 1. The molecule has 1 heterocycles. The Morgan fingerprint density at radius 3 is 2.54 bits per heavy atom. The summed E-state index contributed by atoms with van der Waals surface area (Å²) in [6.45, 7) is 3.11. The second kappa shape index (κ2) is 8.65. The summed E-state index contributed by atoms with van der Waals surface area (Å²) in [7, 11) is 4.09. The molecule has 1 rings (SSSR count). The van der Waals surface area contributed by atoms with E-state index in [-0.39, 0.29) is 24.8 Å². The first-order valence-electron chi connectivity index (χ1n) is 4.13. The van der Waals surface area contributed by atoms with E-state index in [2.05, 4.69) is 22.1 Å². The predicted octanol–water partition coefficient (Wildman–Crippen LogP) is 1.00. The molecular formula is C9H18Cl2N2. The molecule has 2 nitrogen and oxygen atoms in total. The van der Waals surface area contributed by atoms with Crippen molar-refractivity contribution in [2.75, 3.05) is 33.7 Å². The van der Waals surface area contributed by atoms with E-state index < -0.39 is 0 Å². The van der Waals surface area contributed by atoms with Gasteiger partial charge in [0.25, 0.3) is 0 Å². The molecule has 0 aliphatic carbocycles. The number of nitrogens with zero attached hydrogens (tertiary/aromatic N) is 1. The Hall–Kier alpha value is 0.0600. The summed E-state index contributed by atoms with van der Waals surface area (Å²) in [5.41, 5.74) is 0. The lowest BCUT2D eigenvalue weighted by Crippen LogP contribution is -2.12. The molecule has 0 saturated carbocycles. The van der Waals surface area contributed by atoms with Gasteiger partial charge in [0.1, 0.15) is 0 Å². The quantitative estimate of drug-likeness (QED) is 0.670. The SMILES string of the molecule is CN(C)CC#CC1CCNC1.Cl.Cl. The summed E-state index contributed by atoms with van der Waals surface area (Å²) >= 11 is 0. The van der Waals surface area contributed by atoms with E-state index in [1.54, 1.807) is 0 Å². The third kappa shape index (κ3) is 7.16. The summed E-state index contributed by atoms with van der Waals surface area (Å²) in [5, 5.41) is 3.29. The minimum Gasteiger partial charge on any atom is -0.315 e. The second-order valence-corrected chi connectivity index (χ2v) is 3.25. The number of halogens is 2. The van der Waals surface area contributed by atoms with Gasteiger partial charge < -0.3 is 5.32 Å². The third-order valence-electron chi connectivity index (χ3n) is 1.76. The van der Waals surface area contributed by atoms with Gasteiger partial charge in [0.05, 0.1) is 6.54 Å². The molecule has 1 aliphatic rings. The average Bonchev–Trinajstić information content (AvgIpc) is 2.39. The van der Waals surface area contributed by atoms with Crippen molar-refractivity contribution in [3.05, 3.63) is 0 Å². The number of hydrogen-bond acceptors (Lipinski definition) is 2. The molecule has 1 unspecified atom stereocenters. The topological polar surface area (TPSA) is 15.3 Å². The molecule has 78 valence electrons. The van der Waals surface area contributed by atoms with E-state index >= 15 is 0 Å². The first-order chi connectivity index (χ1) is 5.29. The van der Waals surface area contributed by atoms with Crippen molar-refractivity contribution in [2.24, 2.45) is 5.92 Å². The zero-order valence-corrected chi connectivity index (χ0v) is 9.80. The fraction of sp³-hybridized carbons (Fsp3) is 0.778. The maximum atomic E-state index is 3.29. The molecule has 0 aromatic heterocycles. The van der Waals surface area contributed by atoms with Gasteiger partial charge in [0.15, 0.2) is 0 Å². The Morgan fingerprint density at radius 2 is 2.08 bits per heavy atom. The first-order valence-corrected chi connectivity index (χ1v) is 4.13. The summed E-state index contributed by atoms with van der Waals surface area (Å²) in [6, 6.07) is 0. The van der Waals surface area contributed by atoms with Crippen LogP contribution in [0.5, 0.6) is 0 Å². The van der Waals surface area contributed by atoms with Gasteiger partial charge in [0, 0.05) is 12.5 Å². The van der Waals surface area contributed by atoms with E-state index in [1.807, 2.05) is 14.1 Å². The highest BCUT2D eigenvalue weighted by Crippen LogP contribution is 2.04. The van der Waals surface area contributed by atoms with Crippen molar-refractivity contribution in [3.63, 3.8) is 0 Å². The predicted molar refractivity (Wildman–Crippen MR) is 61.8 cm³/mol. The van der Waals surface area contributed by atoms with Gasteiger partial charge in [-0.1, -0.05) is 11.8 Å². The van der Waals surface area contributed by atoms with E-state index in [1.165, 1.54) is 6.42 Å². The van der Waals surface area contributed by atoms with Gasteiger partial charge in [-0.15, -0.1) is 24.8 Å². The largest absolute Gasteiger partial charge is 0.315 e. The van der Waals surface area contributed by atoms with Crippen LogP contribution in [0.4, 0.5) is 0 Å². The zero-order chi connectivity index (χ0) is 8.10. The Balaban J connectivity index is 0. The highest BCUT2D eigenvalue weighted by molar-refractivity contribution is 5.85. The molecule has 13 heavy (non-hydrogen) atoms. The standard InChI is InChI=1S/C9H16N2.2ClH/c1-11(2)7-3-4-9-5-6-10-8-9;;/h9-10H,5-8H2,1-2H3;2*1H. The normalized spacial score (nSPS) is 19.8. The summed E-state index contributed by atoms with van der Waals surface area (Å²) in [4.78, 5) is 2.09. The minimum absolute atomic E-state index is 0. The van der Waals surface area contributed by atoms with E-state index in [0.29, 0.717) is 5.92 Å². The van der Waals surface area contributed by atoms with Gasteiger partial charge in [-0.05, 0) is 27.1 Å². The first kappa shape index (κ1) is 15.5. The number of nitrogens with one attached hydrogen (secondary N) is 1. The Bertz CT molecular complexity index is 166. The second-order valence-electron chi connectivity index (χ2n) is 3.25. The van der Waals surface area contributed by atoms with Crippen LogP contribution in [0.15, 0.2) is 0 Å². The lowest BCUT2D eigenvalue weighted by molar-refractivity contribution is 0.463. The molecule has 4 heteroatoms. The van der Waals surface area contributed by atoms with Crippen molar-refractivity contribution < 1.29 is 0 Å². The van der Waals surface area contributed by atoms with Crippen LogP contribution in [0, 0.1) is 17.8 Å². The molecule has 1 N–H and O–H groups in total. The average molecular weight is 225 g/mol. The van der Waals surface area contributed by atoms with Crippen LogP contribution < -0.4 is 5.32 Å². The van der Waals surface area contributed by atoms with Crippen molar-refractivity contribution in [2.45, 2.75) is 6.42 Å². The molecule has 0 bridgehead atoms. The van der Waals surface area contributed by atoms with Crippen LogP contribution >= 0.6 is 24.8 Å². The van der Waals surface area contributed by atoms with Crippen molar-refractivity contribution in [1.82, 2.24) is 10.2 Å². The lowest BCUT2D eigenvalue weighted by Gasteiger charge is -2.01. The van der Waals surface area contributed by atoms with Gasteiger partial charge in [0.2, 0.25) is 0 Å². The maximum absolute atomic E-state index is 3.29. The van der Waals surface area contributed by atoms with Crippen LogP contribution in [0.2, 0.25) is 0 Å². The molecule has 0 aromatic rings. The van der Waals surface area contributed by atoms with Gasteiger partial charge in [-0.2, -0.15) is 0 Å². The fourth-order valence-corrected chi connectivity index (χ4v) is 1.13. The molecule has 0 amide bonds. The molecule has 1 fully saturated rings. The number of rotatable bonds is 1. The Morgan fingerprint density at radius 1 is 1.38 bits per heavy atom. The summed E-state index contributed by atoms with van der Waals surface area (Å²) in [6.07, 6.45) is 1.22. The lowest BCUT2D eigenvalue weighted by atomic mass is 10.1.